The van der Waals surface area contributed by atoms with Crippen LogP contribution in [0.4, 0.5) is 0 Å². The zero-order valence-corrected chi connectivity index (χ0v) is 26.7. The molecule has 0 aliphatic carbocycles. The molecule has 0 saturated carbocycles. The van der Waals surface area contributed by atoms with Crippen LogP contribution in [-0.4, -0.2) is 96.6 Å². The van der Waals surface area contributed by atoms with Gasteiger partial charge >= 0.3 is 11.9 Å². The Morgan fingerprint density at radius 3 is 1.18 bits per heavy atom. The molecule has 0 N–H and O–H groups in total. The molecule has 2 heterocycles. The molecule has 0 amide bonds. The second kappa shape index (κ2) is 14.1. The molecule has 39 heavy (non-hydrogen) atoms. The maximum Gasteiger partial charge on any atom is 0.306 e. The number of hydrogen-bond donors (Lipinski definition) is 0. The maximum absolute atomic E-state index is 12.6. The highest BCUT2D eigenvalue weighted by Gasteiger charge is 2.47. The van der Waals surface area contributed by atoms with E-state index in [1.165, 1.54) is 0 Å². The van der Waals surface area contributed by atoms with Gasteiger partial charge in [-0.2, -0.15) is 0 Å². The molecule has 8 nitrogen and oxygen atoms in total. The minimum Gasteiger partial charge on any atom is -0.462 e. The summed E-state index contributed by atoms with van der Waals surface area (Å²) in [5.41, 5.74) is -0.291. The Hall–Kier alpha value is -1.22. The number of rotatable bonds is 14. The third-order valence-electron chi connectivity index (χ3n) is 8.73. The smallest absolute Gasteiger partial charge is 0.306 e. The largest absolute Gasteiger partial charge is 0.462 e. The summed E-state index contributed by atoms with van der Waals surface area (Å²) in [6.07, 6.45) is 6.15. The van der Waals surface area contributed by atoms with Gasteiger partial charge in [-0.25, -0.2) is 0 Å². The van der Waals surface area contributed by atoms with Gasteiger partial charge in [-0.3, -0.25) is 19.4 Å². The van der Waals surface area contributed by atoms with Crippen LogP contribution in [0, 0.1) is 0 Å². The number of esters is 2. The van der Waals surface area contributed by atoms with Gasteiger partial charge in [0, 0.05) is 88.0 Å². The van der Waals surface area contributed by atoms with Crippen molar-refractivity contribution in [3.05, 3.63) is 0 Å². The summed E-state index contributed by atoms with van der Waals surface area (Å²) in [6, 6.07) is 0. The molecule has 0 aromatic rings. The van der Waals surface area contributed by atoms with Crippen molar-refractivity contribution in [2.24, 2.45) is 0 Å². The molecule has 2 saturated heterocycles. The molecule has 2 fully saturated rings. The Morgan fingerprint density at radius 2 is 0.897 bits per heavy atom. The van der Waals surface area contributed by atoms with Crippen molar-refractivity contribution >= 4 is 11.9 Å². The van der Waals surface area contributed by atoms with E-state index < -0.39 is 0 Å². The van der Waals surface area contributed by atoms with E-state index in [1.807, 2.05) is 0 Å². The molecule has 0 aromatic heterocycles. The lowest BCUT2D eigenvalue weighted by Crippen LogP contribution is -2.63. The summed E-state index contributed by atoms with van der Waals surface area (Å²) in [5.74, 6) is -0.270. The number of ether oxygens (including phenoxy) is 4. The van der Waals surface area contributed by atoms with Gasteiger partial charge in [0.2, 0.25) is 0 Å². The van der Waals surface area contributed by atoms with Crippen molar-refractivity contribution in [1.82, 2.24) is 9.80 Å². The summed E-state index contributed by atoms with van der Waals surface area (Å²) < 4.78 is 22.5. The Labute approximate surface area is 238 Å². The summed E-state index contributed by atoms with van der Waals surface area (Å²) in [5, 5.41) is 0. The predicted molar refractivity (Wildman–Crippen MR) is 155 cm³/mol. The molecule has 8 heteroatoms. The Kier molecular flexibility index (Phi) is 12.3. The summed E-state index contributed by atoms with van der Waals surface area (Å²) >= 11 is 0. The lowest BCUT2D eigenvalue weighted by atomic mass is 9.78. The van der Waals surface area contributed by atoms with Crippen LogP contribution in [0.15, 0.2) is 0 Å². The lowest BCUT2D eigenvalue weighted by Gasteiger charge is -2.54. The molecule has 0 bridgehead atoms. The highest BCUT2D eigenvalue weighted by molar-refractivity contribution is 5.70. The van der Waals surface area contributed by atoms with E-state index in [0.717, 1.165) is 58.0 Å². The molecule has 228 valence electrons. The minimum atomic E-state index is -0.135. The van der Waals surface area contributed by atoms with Crippen molar-refractivity contribution in [3.63, 3.8) is 0 Å². The van der Waals surface area contributed by atoms with Gasteiger partial charge in [0.1, 0.15) is 12.2 Å². The maximum atomic E-state index is 12.6. The van der Waals surface area contributed by atoms with Crippen molar-refractivity contribution in [3.8, 4) is 0 Å². The summed E-state index contributed by atoms with van der Waals surface area (Å²) in [4.78, 5) is 30.1. The number of carbonyl (C=O) groups excluding carboxylic acids is 2. The van der Waals surface area contributed by atoms with E-state index in [9.17, 15) is 9.59 Å². The van der Waals surface area contributed by atoms with Crippen LogP contribution in [0.1, 0.15) is 113 Å². The fraction of sp³-hybridized carbons (Fsp3) is 0.935. The molecule has 0 atom stereocenters. The third-order valence-corrected chi connectivity index (χ3v) is 8.73. The van der Waals surface area contributed by atoms with Crippen LogP contribution in [-0.2, 0) is 28.5 Å². The number of piperidine rings is 2. The average Bonchev–Trinajstić information content (AvgIpc) is 2.75. The standard InChI is InChI=1S/C31H58N2O6/c1-28(2)20-24(21-29(3,4)32(28)16-18-36-9)38-26(34)14-12-11-13-15-27(35)39-25-22-30(5,6)33(17-19-37-10)31(7,8)23-25/h24-25H,11-23H2,1-10H3. The molecule has 2 rings (SSSR count). The highest BCUT2D eigenvalue weighted by Crippen LogP contribution is 2.40. The molecule has 0 radical (unpaired) electrons. The SMILES string of the molecule is COCCN1C(C)(C)CC(OC(=O)CCCCCC(=O)OC2CC(C)(C)N(CCOC)C(C)(C)C2)CC1(C)C. The summed E-state index contributed by atoms with van der Waals surface area (Å²) in [7, 11) is 3.46. The van der Waals surface area contributed by atoms with Crippen molar-refractivity contribution in [2.45, 2.75) is 148 Å². The van der Waals surface area contributed by atoms with E-state index in [-0.39, 0.29) is 46.3 Å². The number of methoxy groups -OCH3 is 2. The number of nitrogens with zero attached hydrogens (tertiary/aromatic N) is 2. The Morgan fingerprint density at radius 1 is 0.590 bits per heavy atom. The fourth-order valence-corrected chi connectivity index (χ4v) is 7.40. The molecule has 0 spiro atoms. The average molecular weight is 555 g/mol. The van der Waals surface area contributed by atoms with E-state index in [2.05, 4.69) is 65.2 Å². The van der Waals surface area contributed by atoms with Crippen molar-refractivity contribution in [2.75, 3.05) is 40.5 Å². The lowest BCUT2D eigenvalue weighted by molar-refractivity contribution is -0.161. The van der Waals surface area contributed by atoms with Gasteiger partial charge < -0.3 is 18.9 Å². The van der Waals surface area contributed by atoms with Crippen LogP contribution >= 0.6 is 0 Å². The zero-order valence-electron chi connectivity index (χ0n) is 26.7. The Balaban J connectivity index is 1.70. The van der Waals surface area contributed by atoms with Crippen LogP contribution in [0.5, 0.6) is 0 Å². The number of unbranched alkanes of at least 4 members (excludes halogenated alkanes) is 2. The zero-order chi connectivity index (χ0) is 29.5. The van der Waals surface area contributed by atoms with E-state index in [1.54, 1.807) is 14.2 Å². The number of hydrogen-bond acceptors (Lipinski definition) is 8. The first kappa shape index (κ1) is 34.0. The molecule has 0 aromatic carbocycles. The highest BCUT2D eigenvalue weighted by atomic mass is 16.5. The molecular formula is C31H58N2O6. The normalized spacial score (nSPS) is 23.4. The van der Waals surface area contributed by atoms with Gasteiger partial charge in [0.25, 0.3) is 0 Å². The number of carbonyl (C=O) groups is 2. The van der Waals surface area contributed by atoms with Crippen LogP contribution in [0.3, 0.4) is 0 Å². The minimum absolute atomic E-state index is 0.0729. The molecule has 0 unspecified atom stereocenters. The van der Waals surface area contributed by atoms with Crippen LogP contribution < -0.4 is 0 Å². The monoisotopic (exact) mass is 554 g/mol. The predicted octanol–water partition coefficient (Wildman–Crippen LogP) is 5.36. The van der Waals surface area contributed by atoms with Gasteiger partial charge in [-0.15, -0.1) is 0 Å². The van der Waals surface area contributed by atoms with Crippen LogP contribution in [0.2, 0.25) is 0 Å². The first-order chi connectivity index (χ1) is 18.0. The topological polar surface area (TPSA) is 77.5 Å². The number of likely N-dealkylation sites (tertiary alicyclic amines) is 2. The Bertz CT molecular complexity index is 694. The van der Waals surface area contributed by atoms with Crippen molar-refractivity contribution in [1.29, 1.82) is 0 Å². The van der Waals surface area contributed by atoms with Gasteiger partial charge in [-0.1, -0.05) is 6.42 Å². The summed E-state index contributed by atoms with van der Waals surface area (Å²) in [6.45, 7) is 20.9. The van der Waals surface area contributed by atoms with E-state index in [4.69, 9.17) is 18.9 Å². The van der Waals surface area contributed by atoms with E-state index in [0.29, 0.717) is 26.1 Å². The quantitative estimate of drug-likeness (QED) is 0.210. The van der Waals surface area contributed by atoms with Gasteiger partial charge in [-0.05, 0) is 68.2 Å². The fourth-order valence-electron chi connectivity index (χ4n) is 7.40. The first-order valence-corrected chi connectivity index (χ1v) is 15.0. The second-order valence-corrected chi connectivity index (χ2v) is 14.1. The van der Waals surface area contributed by atoms with Gasteiger partial charge in [0.15, 0.2) is 0 Å². The molecule has 2 aliphatic heterocycles. The second-order valence-electron chi connectivity index (χ2n) is 14.1. The van der Waals surface area contributed by atoms with E-state index >= 15 is 0 Å². The van der Waals surface area contributed by atoms with Crippen LogP contribution in [0.25, 0.3) is 0 Å². The first-order valence-electron chi connectivity index (χ1n) is 15.0. The molecular weight excluding hydrogens is 496 g/mol. The molecule has 2 aliphatic rings. The third kappa shape index (κ3) is 9.98. The van der Waals surface area contributed by atoms with Crippen molar-refractivity contribution < 1.29 is 28.5 Å². The van der Waals surface area contributed by atoms with Gasteiger partial charge in [0.05, 0.1) is 13.2 Å².